The summed E-state index contributed by atoms with van der Waals surface area (Å²) >= 11 is 0. The highest BCUT2D eigenvalue weighted by atomic mass is 16.5. The van der Waals surface area contributed by atoms with Crippen molar-refractivity contribution in [3.8, 4) is 17.0 Å². The van der Waals surface area contributed by atoms with E-state index in [0.717, 1.165) is 17.0 Å². The highest BCUT2D eigenvalue weighted by molar-refractivity contribution is 5.62. The van der Waals surface area contributed by atoms with E-state index < -0.39 is 0 Å². The zero-order valence-corrected chi connectivity index (χ0v) is 14.0. The molecule has 0 spiro atoms. The summed E-state index contributed by atoms with van der Waals surface area (Å²) in [7, 11) is 1.75. The van der Waals surface area contributed by atoms with Crippen molar-refractivity contribution in [1.29, 1.82) is 0 Å². The summed E-state index contributed by atoms with van der Waals surface area (Å²) in [6, 6.07) is 12.4. The molecule has 0 N–H and O–H groups in total. The van der Waals surface area contributed by atoms with Crippen molar-refractivity contribution >= 4 is 0 Å². The molecule has 2 nitrogen and oxygen atoms in total. The molecule has 1 aromatic carbocycles. The molecule has 0 aliphatic carbocycles. The molecule has 2 aromatic rings. The number of nitrogens with zero attached hydrogens (tertiary/aromatic N) is 1. The monoisotopic (exact) mass is 297 g/mol. The highest BCUT2D eigenvalue weighted by Crippen LogP contribution is 2.33. The molecule has 0 aliphatic heterocycles. The summed E-state index contributed by atoms with van der Waals surface area (Å²) in [6.45, 7) is 4.55. The highest BCUT2D eigenvalue weighted by Gasteiger charge is 2.13. The number of aromatic nitrogens is 1. The summed E-state index contributed by atoms with van der Waals surface area (Å²) in [6.07, 6.45) is 8.27. The Morgan fingerprint density at radius 3 is 2.64 bits per heavy atom. The number of methoxy groups -OCH3 is 1. The zero-order chi connectivity index (χ0) is 15.8. The first kappa shape index (κ1) is 16.5. The second kappa shape index (κ2) is 8.57. The lowest BCUT2D eigenvalue weighted by Gasteiger charge is -2.17. The third-order valence-electron chi connectivity index (χ3n) is 4.21. The lowest BCUT2D eigenvalue weighted by Crippen LogP contribution is -1.99. The van der Waals surface area contributed by atoms with Crippen molar-refractivity contribution in [2.75, 3.05) is 7.11 Å². The van der Waals surface area contributed by atoms with E-state index in [-0.39, 0.29) is 0 Å². The second-order valence-corrected chi connectivity index (χ2v) is 5.92. The molecule has 1 unspecified atom stereocenters. The van der Waals surface area contributed by atoms with Gasteiger partial charge in [-0.15, -0.1) is 0 Å². The molecule has 0 saturated heterocycles. The van der Waals surface area contributed by atoms with Crippen LogP contribution in [0.3, 0.4) is 0 Å². The van der Waals surface area contributed by atoms with Crippen LogP contribution in [-0.2, 0) is 0 Å². The predicted octanol–water partition coefficient (Wildman–Crippen LogP) is 5.83. The molecule has 1 heterocycles. The molecule has 0 saturated carbocycles. The van der Waals surface area contributed by atoms with E-state index in [0.29, 0.717) is 5.92 Å². The van der Waals surface area contributed by atoms with Crippen molar-refractivity contribution in [3.05, 3.63) is 48.2 Å². The Morgan fingerprint density at radius 2 is 1.95 bits per heavy atom. The maximum atomic E-state index is 5.56. The largest absolute Gasteiger partial charge is 0.496 e. The van der Waals surface area contributed by atoms with Crippen LogP contribution in [-0.4, -0.2) is 12.1 Å². The van der Waals surface area contributed by atoms with Gasteiger partial charge in [-0.1, -0.05) is 45.6 Å². The normalized spacial score (nSPS) is 12.1. The lowest BCUT2D eigenvalue weighted by molar-refractivity contribution is 0.404. The number of hydrogen-bond donors (Lipinski definition) is 0. The van der Waals surface area contributed by atoms with Crippen molar-refractivity contribution in [2.45, 2.75) is 51.9 Å². The fraction of sp³-hybridized carbons (Fsp3) is 0.450. The van der Waals surface area contributed by atoms with Crippen LogP contribution in [0, 0.1) is 0 Å². The van der Waals surface area contributed by atoms with Gasteiger partial charge in [-0.2, -0.15) is 0 Å². The van der Waals surface area contributed by atoms with Gasteiger partial charge in [-0.3, -0.25) is 4.98 Å². The smallest absolute Gasteiger partial charge is 0.122 e. The number of unbranched alkanes of at least 4 members (excludes halogenated alkanes) is 3. The van der Waals surface area contributed by atoms with Gasteiger partial charge in [0.1, 0.15) is 5.75 Å². The van der Waals surface area contributed by atoms with E-state index in [1.165, 1.54) is 37.7 Å². The maximum absolute atomic E-state index is 5.56. The Balaban J connectivity index is 2.17. The van der Waals surface area contributed by atoms with E-state index >= 15 is 0 Å². The molecule has 0 amide bonds. The van der Waals surface area contributed by atoms with Crippen LogP contribution < -0.4 is 4.74 Å². The molecular formula is C20H27NO. The number of hydrogen-bond acceptors (Lipinski definition) is 2. The summed E-state index contributed by atoms with van der Waals surface area (Å²) in [4.78, 5) is 4.45. The number of rotatable bonds is 8. The second-order valence-electron chi connectivity index (χ2n) is 5.92. The van der Waals surface area contributed by atoms with Crippen molar-refractivity contribution in [1.82, 2.24) is 4.98 Å². The fourth-order valence-corrected chi connectivity index (χ4v) is 2.85. The third kappa shape index (κ3) is 4.33. The van der Waals surface area contributed by atoms with Crippen LogP contribution in [0.15, 0.2) is 42.6 Å². The van der Waals surface area contributed by atoms with Crippen LogP contribution in [0.5, 0.6) is 5.75 Å². The zero-order valence-electron chi connectivity index (χ0n) is 14.0. The minimum Gasteiger partial charge on any atom is -0.496 e. The molecule has 0 radical (unpaired) electrons. The van der Waals surface area contributed by atoms with E-state index in [4.69, 9.17) is 4.74 Å². The Labute approximate surface area is 134 Å². The van der Waals surface area contributed by atoms with Crippen LogP contribution in [0.25, 0.3) is 11.3 Å². The van der Waals surface area contributed by atoms with Gasteiger partial charge in [-0.05, 0) is 48.2 Å². The first-order valence-electron chi connectivity index (χ1n) is 8.35. The Kier molecular flexibility index (Phi) is 6.45. The molecular weight excluding hydrogens is 270 g/mol. The summed E-state index contributed by atoms with van der Waals surface area (Å²) < 4.78 is 5.56. The van der Waals surface area contributed by atoms with Crippen molar-refractivity contribution in [2.24, 2.45) is 0 Å². The van der Waals surface area contributed by atoms with E-state index in [9.17, 15) is 0 Å². The number of pyridine rings is 1. The Morgan fingerprint density at radius 1 is 1.09 bits per heavy atom. The Hall–Kier alpha value is -1.83. The molecule has 0 bridgehead atoms. The van der Waals surface area contributed by atoms with Gasteiger partial charge in [0.15, 0.2) is 0 Å². The van der Waals surface area contributed by atoms with Gasteiger partial charge >= 0.3 is 0 Å². The molecule has 2 rings (SSSR count). The minimum absolute atomic E-state index is 0.510. The molecule has 0 aliphatic rings. The van der Waals surface area contributed by atoms with Gasteiger partial charge in [0.05, 0.1) is 12.8 Å². The molecule has 0 fully saturated rings. The lowest BCUT2D eigenvalue weighted by atomic mass is 9.92. The minimum atomic E-state index is 0.510. The SMILES string of the molecule is CCCCCCC(C)c1cc(-c2ccccn2)ccc1OC. The van der Waals surface area contributed by atoms with Crippen LogP contribution in [0.2, 0.25) is 0 Å². The first-order valence-corrected chi connectivity index (χ1v) is 8.35. The third-order valence-corrected chi connectivity index (χ3v) is 4.21. The van der Waals surface area contributed by atoms with Crippen LogP contribution in [0.1, 0.15) is 57.4 Å². The quantitative estimate of drug-likeness (QED) is 0.572. The van der Waals surface area contributed by atoms with E-state index in [1.54, 1.807) is 7.11 Å². The molecule has 1 atom stereocenters. The Bertz CT molecular complexity index is 565. The van der Waals surface area contributed by atoms with Crippen molar-refractivity contribution in [3.63, 3.8) is 0 Å². The van der Waals surface area contributed by atoms with Gasteiger partial charge in [-0.25, -0.2) is 0 Å². The fourth-order valence-electron chi connectivity index (χ4n) is 2.85. The van der Waals surface area contributed by atoms with Gasteiger partial charge < -0.3 is 4.74 Å². The first-order chi connectivity index (χ1) is 10.8. The number of benzene rings is 1. The van der Waals surface area contributed by atoms with E-state index in [1.807, 2.05) is 18.3 Å². The topological polar surface area (TPSA) is 22.1 Å². The van der Waals surface area contributed by atoms with Crippen molar-refractivity contribution < 1.29 is 4.74 Å². The van der Waals surface area contributed by atoms with Gasteiger partial charge in [0.2, 0.25) is 0 Å². The molecule has 118 valence electrons. The van der Waals surface area contributed by atoms with Crippen LogP contribution >= 0.6 is 0 Å². The summed E-state index contributed by atoms with van der Waals surface area (Å²) in [5, 5.41) is 0. The molecule has 2 heteroatoms. The summed E-state index contributed by atoms with van der Waals surface area (Å²) in [5.74, 6) is 1.50. The standard InChI is InChI=1S/C20H27NO/c1-4-5-6-7-10-16(2)18-15-17(12-13-20(18)22-3)19-11-8-9-14-21-19/h8-9,11-16H,4-7,10H2,1-3H3. The molecule has 1 aromatic heterocycles. The van der Waals surface area contributed by atoms with Gasteiger partial charge in [0.25, 0.3) is 0 Å². The maximum Gasteiger partial charge on any atom is 0.122 e. The predicted molar refractivity (Wildman–Crippen MR) is 93.4 cm³/mol. The average Bonchev–Trinajstić information content (AvgIpc) is 2.58. The van der Waals surface area contributed by atoms with Gasteiger partial charge in [0, 0.05) is 11.8 Å². The number of ether oxygens (including phenoxy) is 1. The van der Waals surface area contributed by atoms with E-state index in [2.05, 4.69) is 43.1 Å². The average molecular weight is 297 g/mol. The molecule has 22 heavy (non-hydrogen) atoms. The summed E-state index contributed by atoms with van der Waals surface area (Å²) in [5.41, 5.74) is 3.48. The van der Waals surface area contributed by atoms with Crippen LogP contribution in [0.4, 0.5) is 0 Å².